The normalized spacial score (nSPS) is 24.9. The molecule has 19 heavy (non-hydrogen) atoms. The number of piperidine rings is 1. The fraction of sp³-hybridized carbons (Fsp3) is 0.929. The third kappa shape index (κ3) is 8.68. The molecule has 0 spiro atoms. The Hall–Kier alpha value is -0.0400. The summed E-state index contributed by atoms with van der Waals surface area (Å²) in [7, 11) is 0. The lowest BCUT2D eigenvalue weighted by atomic mass is 9.92. The van der Waals surface area contributed by atoms with Gasteiger partial charge in [0.05, 0.1) is 0 Å². The summed E-state index contributed by atoms with van der Waals surface area (Å²) in [5, 5.41) is 3.18. The zero-order valence-corrected chi connectivity index (χ0v) is 15.0. The zero-order chi connectivity index (χ0) is 13.4. The Morgan fingerprint density at radius 2 is 1.95 bits per heavy atom. The highest BCUT2D eigenvalue weighted by Gasteiger charge is 2.20. The quantitative estimate of drug-likeness (QED) is 0.321. The van der Waals surface area contributed by atoms with Gasteiger partial charge in [0.2, 0.25) is 0 Å². The average Bonchev–Trinajstić information content (AvgIpc) is 2.31. The van der Waals surface area contributed by atoms with Crippen molar-refractivity contribution < 1.29 is 0 Å². The molecule has 0 amide bonds. The van der Waals surface area contributed by atoms with Gasteiger partial charge in [0.15, 0.2) is 5.96 Å². The molecule has 1 aliphatic rings. The van der Waals surface area contributed by atoms with Crippen LogP contribution in [0.1, 0.15) is 40.0 Å². The first-order valence-electron chi connectivity index (χ1n) is 7.38. The van der Waals surface area contributed by atoms with Crippen LogP contribution in [-0.4, -0.2) is 43.6 Å². The van der Waals surface area contributed by atoms with Crippen LogP contribution in [0.2, 0.25) is 0 Å². The van der Waals surface area contributed by atoms with Crippen molar-refractivity contribution in [1.82, 2.24) is 10.2 Å². The number of likely N-dealkylation sites (tertiary alicyclic amines) is 1. The Kier molecular flexibility index (Phi) is 10.7. The first-order valence-corrected chi connectivity index (χ1v) is 7.38. The third-order valence-electron chi connectivity index (χ3n) is 3.41. The Morgan fingerprint density at radius 3 is 2.53 bits per heavy atom. The van der Waals surface area contributed by atoms with Crippen LogP contribution >= 0.6 is 24.0 Å². The van der Waals surface area contributed by atoms with E-state index in [9.17, 15) is 0 Å². The van der Waals surface area contributed by atoms with Crippen molar-refractivity contribution in [2.75, 3.05) is 32.7 Å². The fourth-order valence-corrected chi connectivity index (χ4v) is 2.78. The molecule has 1 saturated heterocycles. The van der Waals surface area contributed by atoms with E-state index in [4.69, 9.17) is 5.73 Å². The van der Waals surface area contributed by atoms with Gasteiger partial charge in [-0.15, -0.1) is 24.0 Å². The van der Waals surface area contributed by atoms with Gasteiger partial charge < -0.3 is 16.0 Å². The van der Waals surface area contributed by atoms with Crippen molar-refractivity contribution in [3.05, 3.63) is 0 Å². The number of aliphatic imine (C=N–C) groups is 1. The standard InChI is InChI=1S/C14H30N4.HI/c1-4-6-16-14(15)17-7-5-8-18-10-12(2)9-13(3)11-18;/h12-13H,4-11H2,1-3H3,(H3,15,16,17);1H. The highest BCUT2D eigenvalue weighted by molar-refractivity contribution is 14.0. The van der Waals surface area contributed by atoms with Crippen molar-refractivity contribution >= 4 is 29.9 Å². The van der Waals surface area contributed by atoms with E-state index in [0.717, 1.165) is 37.8 Å². The first-order chi connectivity index (χ1) is 8.61. The summed E-state index contributed by atoms with van der Waals surface area (Å²) >= 11 is 0. The van der Waals surface area contributed by atoms with Crippen LogP contribution in [0.4, 0.5) is 0 Å². The lowest BCUT2D eigenvalue weighted by molar-refractivity contribution is 0.140. The van der Waals surface area contributed by atoms with Crippen molar-refractivity contribution in [3.8, 4) is 0 Å². The Morgan fingerprint density at radius 1 is 1.32 bits per heavy atom. The van der Waals surface area contributed by atoms with Crippen LogP contribution in [0.15, 0.2) is 4.99 Å². The van der Waals surface area contributed by atoms with Crippen LogP contribution in [0.5, 0.6) is 0 Å². The molecule has 1 heterocycles. The van der Waals surface area contributed by atoms with Gasteiger partial charge in [0, 0.05) is 26.2 Å². The highest BCUT2D eigenvalue weighted by Crippen LogP contribution is 2.20. The molecule has 1 rings (SSSR count). The summed E-state index contributed by atoms with van der Waals surface area (Å²) in [5.74, 6) is 2.29. The number of nitrogens with zero attached hydrogens (tertiary/aromatic N) is 2. The van der Waals surface area contributed by atoms with Crippen LogP contribution in [0.3, 0.4) is 0 Å². The topological polar surface area (TPSA) is 53.6 Å². The van der Waals surface area contributed by atoms with Gasteiger partial charge in [0.25, 0.3) is 0 Å². The maximum absolute atomic E-state index is 5.75. The number of rotatable bonds is 6. The van der Waals surface area contributed by atoms with E-state index >= 15 is 0 Å². The number of halogens is 1. The molecular weight excluding hydrogens is 351 g/mol. The van der Waals surface area contributed by atoms with E-state index in [0.29, 0.717) is 5.96 Å². The maximum atomic E-state index is 5.75. The number of hydrogen-bond donors (Lipinski definition) is 2. The summed E-state index contributed by atoms with van der Waals surface area (Å²) in [5.41, 5.74) is 5.75. The number of nitrogens with two attached hydrogens (primary N) is 1. The first kappa shape index (κ1) is 19.0. The smallest absolute Gasteiger partial charge is 0.188 e. The minimum atomic E-state index is 0. The minimum Gasteiger partial charge on any atom is -0.370 e. The molecule has 5 heteroatoms. The Bertz CT molecular complexity index is 248. The molecule has 0 radical (unpaired) electrons. The van der Waals surface area contributed by atoms with Gasteiger partial charge in [-0.2, -0.15) is 0 Å². The van der Waals surface area contributed by atoms with Crippen molar-refractivity contribution in [2.24, 2.45) is 22.6 Å². The third-order valence-corrected chi connectivity index (χ3v) is 3.41. The van der Waals surface area contributed by atoms with Crippen molar-refractivity contribution in [3.63, 3.8) is 0 Å². The Labute approximate surface area is 135 Å². The molecule has 2 atom stereocenters. The fourth-order valence-electron chi connectivity index (χ4n) is 2.78. The van der Waals surface area contributed by atoms with Crippen molar-refractivity contribution in [2.45, 2.75) is 40.0 Å². The second kappa shape index (κ2) is 10.7. The van der Waals surface area contributed by atoms with Gasteiger partial charge in [0.1, 0.15) is 0 Å². The van der Waals surface area contributed by atoms with E-state index in [1.54, 1.807) is 0 Å². The monoisotopic (exact) mass is 382 g/mol. The molecule has 114 valence electrons. The van der Waals surface area contributed by atoms with E-state index in [2.05, 4.69) is 36.0 Å². The number of hydrogen-bond acceptors (Lipinski definition) is 2. The summed E-state index contributed by atoms with van der Waals surface area (Å²) in [6, 6.07) is 0. The van der Waals surface area contributed by atoms with E-state index < -0.39 is 0 Å². The summed E-state index contributed by atoms with van der Waals surface area (Å²) < 4.78 is 0. The van der Waals surface area contributed by atoms with E-state index in [1.165, 1.54) is 26.1 Å². The number of guanidine groups is 1. The molecule has 3 N–H and O–H groups in total. The van der Waals surface area contributed by atoms with Crippen LogP contribution in [0.25, 0.3) is 0 Å². The van der Waals surface area contributed by atoms with Crippen LogP contribution in [-0.2, 0) is 0 Å². The van der Waals surface area contributed by atoms with Gasteiger partial charge >= 0.3 is 0 Å². The lowest BCUT2D eigenvalue weighted by Crippen LogP contribution is -2.40. The van der Waals surface area contributed by atoms with Gasteiger partial charge in [-0.05, 0) is 37.6 Å². The summed E-state index contributed by atoms with van der Waals surface area (Å²) in [6.45, 7) is 12.2. The van der Waals surface area contributed by atoms with Gasteiger partial charge in [-0.1, -0.05) is 20.8 Å². The molecular formula is C14H31IN4. The van der Waals surface area contributed by atoms with Crippen LogP contribution < -0.4 is 11.1 Å². The average molecular weight is 382 g/mol. The summed E-state index contributed by atoms with van der Waals surface area (Å²) in [6.07, 6.45) is 3.57. The molecule has 1 fully saturated rings. The molecule has 0 aromatic rings. The molecule has 0 aromatic carbocycles. The molecule has 0 aromatic heterocycles. The molecule has 0 aliphatic carbocycles. The molecule has 0 saturated carbocycles. The Balaban J connectivity index is 0.00000324. The SMILES string of the molecule is CCCN=C(N)NCCCN1CC(C)CC(C)C1.I. The minimum absolute atomic E-state index is 0. The zero-order valence-electron chi connectivity index (χ0n) is 12.7. The predicted octanol–water partition coefficient (Wildman–Crippen LogP) is 2.29. The van der Waals surface area contributed by atoms with E-state index in [1.807, 2.05) is 0 Å². The molecule has 2 unspecified atom stereocenters. The highest BCUT2D eigenvalue weighted by atomic mass is 127. The van der Waals surface area contributed by atoms with Crippen molar-refractivity contribution in [1.29, 1.82) is 0 Å². The van der Waals surface area contributed by atoms with Gasteiger partial charge in [-0.25, -0.2) is 0 Å². The largest absolute Gasteiger partial charge is 0.370 e. The van der Waals surface area contributed by atoms with Crippen LogP contribution in [0, 0.1) is 11.8 Å². The predicted molar refractivity (Wildman–Crippen MR) is 94.2 cm³/mol. The van der Waals surface area contributed by atoms with E-state index in [-0.39, 0.29) is 24.0 Å². The molecule has 1 aliphatic heterocycles. The molecule has 0 bridgehead atoms. The maximum Gasteiger partial charge on any atom is 0.188 e. The summed E-state index contributed by atoms with van der Waals surface area (Å²) in [4.78, 5) is 6.80. The molecule has 4 nitrogen and oxygen atoms in total. The van der Waals surface area contributed by atoms with Gasteiger partial charge in [-0.3, -0.25) is 4.99 Å². The number of nitrogens with one attached hydrogen (secondary N) is 1. The second-order valence-electron chi connectivity index (χ2n) is 5.75. The lowest BCUT2D eigenvalue weighted by Gasteiger charge is -2.34. The second-order valence-corrected chi connectivity index (χ2v) is 5.75.